The van der Waals surface area contributed by atoms with Crippen molar-refractivity contribution in [2.24, 2.45) is 4.99 Å². The number of carbonyl (C=O) groups excluding carboxylic acids is 1. The van der Waals surface area contributed by atoms with Crippen LogP contribution in [0.5, 0.6) is 5.75 Å². The molecular formula is C21H34IN5O3. The summed E-state index contributed by atoms with van der Waals surface area (Å²) in [6.45, 7) is 9.38. The zero-order valence-corrected chi connectivity index (χ0v) is 20.6. The van der Waals surface area contributed by atoms with Crippen LogP contribution in [0.1, 0.15) is 11.1 Å². The third kappa shape index (κ3) is 6.98. The van der Waals surface area contributed by atoms with Gasteiger partial charge in [-0.2, -0.15) is 0 Å². The summed E-state index contributed by atoms with van der Waals surface area (Å²) in [6, 6.07) is 6.22. The highest BCUT2D eigenvalue weighted by atomic mass is 127. The van der Waals surface area contributed by atoms with Gasteiger partial charge in [-0.25, -0.2) is 0 Å². The number of amides is 1. The number of methoxy groups -OCH3 is 1. The van der Waals surface area contributed by atoms with Crippen molar-refractivity contribution in [3.8, 4) is 5.75 Å². The second-order valence-corrected chi connectivity index (χ2v) is 7.52. The Hall–Kier alpha value is -1.59. The van der Waals surface area contributed by atoms with Gasteiger partial charge in [-0.15, -0.1) is 24.0 Å². The lowest BCUT2D eigenvalue weighted by atomic mass is 10.1. The van der Waals surface area contributed by atoms with E-state index in [4.69, 9.17) is 9.47 Å². The number of piperazine rings is 1. The Morgan fingerprint density at radius 2 is 1.80 bits per heavy atom. The van der Waals surface area contributed by atoms with Crippen LogP contribution in [0.15, 0.2) is 23.2 Å². The zero-order chi connectivity index (χ0) is 20.6. The van der Waals surface area contributed by atoms with Gasteiger partial charge in [0.1, 0.15) is 5.75 Å². The van der Waals surface area contributed by atoms with Crippen LogP contribution in [-0.2, 0) is 16.1 Å². The van der Waals surface area contributed by atoms with Crippen LogP contribution in [0.2, 0.25) is 0 Å². The molecule has 0 saturated carbocycles. The van der Waals surface area contributed by atoms with Crippen molar-refractivity contribution >= 4 is 35.8 Å². The summed E-state index contributed by atoms with van der Waals surface area (Å²) in [7, 11) is 3.50. The summed E-state index contributed by atoms with van der Waals surface area (Å²) in [5, 5.41) is 3.45. The third-order valence-electron chi connectivity index (χ3n) is 5.40. The van der Waals surface area contributed by atoms with Crippen LogP contribution in [-0.4, -0.2) is 99.8 Å². The molecular weight excluding hydrogens is 497 g/mol. The smallest absolute Gasteiger partial charge is 0.236 e. The molecule has 0 atom stereocenters. The largest absolute Gasteiger partial charge is 0.497 e. The van der Waals surface area contributed by atoms with Crippen molar-refractivity contribution in [2.45, 2.75) is 13.5 Å². The van der Waals surface area contributed by atoms with Crippen molar-refractivity contribution < 1.29 is 14.3 Å². The molecule has 2 fully saturated rings. The minimum Gasteiger partial charge on any atom is -0.497 e. The van der Waals surface area contributed by atoms with Crippen LogP contribution < -0.4 is 10.1 Å². The van der Waals surface area contributed by atoms with Crippen LogP contribution in [0.25, 0.3) is 0 Å². The molecule has 2 heterocycles. The summed E-state index contributed by atoms with van der Waals surface area (Å²) in [6.07, 6.45) is 0. The SMILES string of the molecule is CN=C(NCc1cc(C)cc(OC)c1)N1CCN(CC(=O)N2CCOCC2)CC1.I. The van der Waals surface area contributed by atoms with E-state index in [0.29, 0.717) is 39.4 Å². The molecule has 30 heavy (non-hydrogen) atoms. The number of nitrogens with zero attached hydrogens (tertiary/aromatic N) is 4. The van der Waals surface area contributed by atoms with E-state index in [1.165, 1.54) is 5.56 Å². The number of morpholine rings is 1. The van der Waals surface area contributed by atoms with E-state index >= 15 is 0 Å². The number of hydrogen-bond acceptors (Lipinski definition) is 5. The van der Waals surface area contributed by atoms with Crippen LogP contribution in [0, 0.1) is 6.92 Å². The predicted octanol–water partition coefficient (Wildman–Crippen LogP) is 1.17. The molecule has 1 amide bonds. The number of aryl methyl sites for hydroxylation is 1. The lowest BCUT2D eigenvalue weighted by Crippen LogP contribution is -2.54. The quantitative estimate of drug-likeness (QED) is 0.350. The minimum absolute atomic E-state index is 0. The lowest BCUT2D eigenvalue weighted by Gasteiger charge is -2.37. The van der Waals surface area contributed by atoms with Gasteiger partial charge in [-0.3, -0.25) is 14.7 Å². The van der Waals surface area contributed by atoms with Gasteiger partial charge in [0.2, 0.25) is 5.91 Å². The highest BCUT2D eigenvalue weighted by molar-refractivity contribution is 14.0. The number of rotatable bonds is 5. The van der Waals surface area contributed by atoms with Gasteiger partial charge in [-0.05, 0) is 30.2 Å². The Kier molecular flexibility index (Phi) is 10.1. The molecule has 0 spiro atoms. The summed E-state index contributed by atoms with van der Waals surface area (Å²) >= 11 is 0. The van der Waals surface area contributed by atoms with Crippen molar-refractivity contribution in [3.63, 3.8) is 0 Å². The molecule has 2 aliphatic rings. The number of benzene rings is 1. The Balaban J connectivity index is 0.00000320. The molecule has 2 saturated heterocycles. The summed E-state index contributed by atoms with van der Waals surface area (Å²) in [5.41, 5.74) is 2.34. The first-order valence-corrected chi connectivity index (χ1v) is 10.3. The Morgan fingerprint density at radius 1 is 1.10 bits per heavy atom. The second-order valence-electron chi connectivity index (χ2n) is 7.52. The molecule has 0 bridgehead atoms. The third-order valence-corrected chi connectivity index (χ3v) is 5.40. The molecule has 0 aromatic heterocycles. The van der Waals surface area contributed by atoms with Crippen molar-refractivity contribution in [3.05, 3.63) is 29.3 Å². The van der Waals surface area contributed by atoms with E-state index in [9.17, 15) is 4.79 Å². The molecule has 8 nitrogen and oxygen atoms in total. The van der Waals surface area contributed by atoms with Gasteiger partial charge in [0.15, 0.2) is 5.96 Å². The number of hydrogen-bond donors (Lipinski definition) is 1. The van der Waals surface area contributed by atoms with Crippen molar-refractivity contribution in [2.75, 3.05) is 73.2 Å². The molecule has 0 aliphatic carbocycles. The average Bonchev–Trinajstić information content (AvgIpc) is 2.75. The Bertz CT molecular complexity index is 717. The number of halogens is 1. The molecule has 0 radical (unpaired) electrons. The van der Waals surface area contributed by atoms with Gasteiger partial charge in [-0.1, -0.05) is 6.07 Å². The molecule has 1 N–H and O–H groups in total. The standard InChI is InChI=1S/C21H33N5O3.HI/c1-17-12-18(14-19(13-17)28-3)15-23-21(22-2)26-6-4-24(5-7-26)16-20(27)25-8-10-29-11-9-25;/h12-14H,4-11,15-16H2,1-3H3,(H,22,23);1H. The number of ether oxygens (including phenoxy) is 2. The molecule has 1 aromatic rings. The molecule has 0 unspecified atom stereocenters. The number of nitrogens with one attached hydrogen (secondary N) is 1. The maximum Gasteiger partial charge on any atom is 0.236 e. The fourth-order valence-corrected chi connectivity index (χ4v) is 3.78. The first-order valence-electron chi connectivity index (χ1n) is 10.3. The molecule has 9 heteroatoms. The summed E-state index contributed by atoms with van der Waals surface area (Å²) in [5.74, 6) is 1.97. The molecule has 3 rings (SSSR count). The van der Waals surface area contributed by atoms with Crippen molar-refractivity contribution in [1.29, 1.82) is 0 Å². The number of guanidine groups is 1. The Morgan fingerprint density at radius 3 is 2.43 bits per heavy atom. The molecule has 2 aliphatic heterocycles. The van der Waals surface area contributed by atoms with Crippen LogP contribution >= 0.6 is 24.0 Å². The topological polar surface area (TPSA) is 69.6 Å². The van der Waals surface area contributed by atoms with E-state index in [1.807, 2.05) is 24.1 Å². The van der Waals surface area contributed by atoms with E-state index < -0.39 is 0 Å². The first-order chi connectivity index (χ1) is 14.1. The second kappa shape index (κ2) is 12.3. The van der Waals surface area contributed by atoms with Gasteiger partial charge in [0.05, 0.1) is 26.9 Å². The lowest BCUT2D eigenvalue weighted by molar-refractivity contribution is -0.136. The van der Waals surface area contributed by atoms with Gasteiger partial charge < -0.3 is 24.6 Å². The molecule has 1 aromatic carbocycles. The van der Waals surface area contributed by atoms with E-state index in [1.54, 1.807) is 7.11 Å². The highest BCUT2D eigenvalue weighted by Crippen LogP contribution is 2.16. The summed E-state index contributed by atoms with van der Waals surface area (Å²) < 4.78 is 10.7. The minimum atomic E-state index is 0. The van der Waals surface area contributed by atoms with Gasteiger partial charge >= 0.3 is 0 Å². The van der Waals surface area contributed by atoms with E-state index in [-0.39, 0.29) is 29.9 Å². The number of aliphatic imine (C=N–C) groups is 1. The maximum atomic E-state index is 12.4. The maximum absolute atomic E-state index is 12.4. The first kappa shape index (κ1) is 24.7. The average molecular weight is 531 g/mol. The Labute approximate surface area is 196 Å². The number of carbonyl (C=O) groups is 1. The fraction of sp³-hybridized carbons (Fsp3) is 0.619. The van der Waals surface area contributed by atoms with Crippen LogP contribution in [0.4, 0.5) is 0 Å². The summed E-state index contributed by atoms with van der Waals surface area (Å²) in [4.78, 5) is 23.3. The van der Waals surface area contributed by atoms with Gasteiger partial charge in [0.25, 0.3) is 0 Å². The van der Waals surface area contributed by atoms with Crippen molar-refractivity contribution in [1.82, 2.24) is 20.0 Å². The molecule has 168 valence electrons. The normalized spacial score (nSPS) is 18.0. The van der Waals surface area contributed by atoms with E-state index in [2.05, 4.69) is 33.1 Å². The predicted molar refractivity (Wildman–Crippen MR) is 129 cm³/mol. The zero-order valence-electron chi connectivity index (χ0n) is 18.2. The van der Waals surface area contributed by atoms with E-state index in [0.717, 1.165) is 43.5 Å². The van der Waals surface area contributed by atoms with Gasteiger partial charge in [0, 0.05) is 52.9 Å². The monoisotopic (exact) mass is 531 g/mol. The highest BCUT2D eigenvalue weighted by Gasteiger charge is 2.24. The fourth-order valence-electron chi connectivity index (χ4n) is 3.78. The van der Waals surface area contributed by atoms with Crippen LogP contribution in [0.3, 0.4) is 0 Å².